The van der Waals surface area contributed by atoms with E-state index in [-0.39, 0.29) is 0 Å². The van der Waals surface area contributed by atoms with E-state index in [2.05, 4.69) is 115 Å². The predicted octanol–water partition coefficient (Wildman–Crippen LogP) is 9.95. The Morgan fingerprint density at radius 3 is 1.52 bits per heavy atom. The first-order chi connectivity index (χ1) is 21.7. The van der Waals surface area contributed by atoms with Gasteiger partial charge in [0.25, 0.3) is 0 Å². The van der Waals surface area contributed by atoms with Gasteiger partial charge in [-0.05, 0) is 60.0 Å². The van der Waals surface area contributed by atoms with Crippen LogP contribution in [0.2, 0.25) is 0 Å². The highest BCUT2D eigenvalue weighted by Gasteiger charge is 2.16. The topological polar surface area (TPSA) is 43.6 Å². The lowest BCUT2D eigenvalue weighted by molar-refractivity contribution is 1.10. The molecule has 0 N–H and O–H groups in total. The number of para-hydroxylation sites is 3. The number of nitrogens with zero attached hydrogens (tertiary/aromatic N) is 4. The molecule has 0 unspecified atom stereocenters. The Labute approximate surface area is 256 Å². The van der Waals surface area contributed by atoms with Crippen LogP contribution in [0.3, 0.4) is 0 Å². The minimum Gasteiger partial charge on any atom is -0.292 e. The molecule has 208 valence electrons. The van der Waals surface area contributed by atoms with Crippen molar-refractivity contribution < 1.29 is 0 Å². The second-order valence-corrected chi connectivity index (χ2v) is 11.0. The summed E-state index contributed by atoms with van der Waals surface area (Å²) in [6.45, 7) is 2.12. The molecule has 0 radical (unpaired) electrons. The van der Waals surface area contributed by atoms with Crippen molar-refractivity contribution in [1.82, 2.24) is 19.5 Å². The summed E-state index contributed by atoms with van der Waals surface area (Å²) < 4.78 is 2.25. The summed E-state index contributed by atoms with van der Waals surface area (Å²) in [4.78, 5) is 15.1. The van der Waals surface area contributed by atoms with Crippen molar-refractivity contribution in [1.29, 1.82) is 0 Å². The van der Waals surface area contributed by atoms with Crippen LogP contribution in [0, 0.1) is 6.92 Å². The van der Waals surface area contributed by atoms with E-state index in [0.717, 1.165) is 72.8 Å². The fraction of sp³-hybridized carbons (Fsp3) is 0.0250. The van der Waals surface area contributed by atoms with Gasteiger partial charge >= 0.3 is 0 Å². The van der Waals surface area contributed by atoms with Crippen molar-refractivity contribution in [2.45, 2.75) is 6.92 Å². The first-order valence-corrected chi connectivity index (χ1v) is 14.8. The lowest BCUT2D eigenvalue weighted by Crippen LogP contribution is -1.97. The fourth-order valence-corrected chi connectivity index (χ4v) is 5.85. The van der Waals surface area contributed by atoms with Crippen LogP contribution in [0.15, 0.2) is 152 Å². The standard InChI is InChI=1S/C40H28N4/c1-27-16-25-36-37(26-27)44(33-12-6-3-7-13-33)40(43-36)32-23-19-29(20-24-32)28-17-21-31(22-18-28)39-38(30-10-4-2-5-11-30)41-34-14-8-9-15-35(34)42-39/h2-26H,1H3. The van der Waals surface area contributed by atoms with Gasteiger partial charge < -0.3 is 0 Å². The zero-order chi connectivity index (χ0) is 29.5. The molecule has 8 rings (SSSR count). The molecule has 0 saturated heterocycles. The van der Waals surface area contributed by atoms with Gasteiger partial charge in [0.05, 0.1) is 33.5 Å². The third-order valence-electron chi connectivity index (χ3n) is 8.08. The third kappa shape index (κ3) is 4.63. The zero-order valence-corrected chi connectivity index (χ0v) is 24.2. The molecular weight excluding hydrogens is 536 g/mol. The van der Waals surface area contributed by atoms with Crippen LogP contribution < -0.4 is 0 Å². The van der Waals surface area contributed by atoms with Gasteiger partial charge in [0.15, 0.2) is 0 Å². The summed E-state index contributed by atoms with van der Waals surface area (Å²) in [7, 11) is 0. The molecule has 0 amide bonds. The minimum absolute atomic E-state index is 0.881. The third-order valence-corrected chi connectivity index (χ3v) is 8.08. The van der Waals surface area contributed by atoms with E-state index < -0.39 is 0 Å². The van der Waals surface area contributed by atoms with E-state index in [1.54, 1.807) is 0 Å². The molecule has 0 aliphatic rings. The lowest BCUT2D eigenvalue weighted by Gasteiger charge is -2.12. The molecule has 4 heteroatoms. The lowest BCUT2D eigenvalue weighted by atomic mass is 9.99. The van der Waals surface area contributed by atoms with Crippen LogP contribution in [0.1, 0.15) is 5.56 Å². The Kier molecular flexibility index (Phi) is 6.31. The molecule has 0 aliphatic carbocycles. The van der Waals surface area contributed by atoms with E-state index in [9.17, 15) is 0 Å². The second-order valence-electron chi connectivity index (χ2n) is 11.0. The van der Waals surface area contributed by atoms with E-state index in [0.29, 0.717) is 0 Å². The summed E-state index contributed by atoms with van der Waals surface area (Å²) in [5.41, 5.74) is 13.4. The van der Waals surface area contributed by atoms with Crippen LogP contribution in [-0.4, -0.2) is 19.5 Å². The van der Waals surface area contributed by atoms with Crippen LogP contribution >= 0.6 is 0 Å². The average molecular weight is 565 g/mol. The number of fused-ring (bicyclic) bond motifs is 2. The first kappa shape index (κ1) is 25.8. The highest BCUT2D eigenvalue weighted by molar-refractivity contribution is 5.87. The second kappa shape index (κ2) is 10.8. The molecule has 44 heavy (non-hydrogen) atoms. The Hall–Kier alpha value is -5.87. The predicted molar refractivity (Wildman–Crippen MR) is 181 cm³/mol. The molecule has 8 aromatic rings. The van der Waals surface area contributed by atoms with Gasteiger partial charge in [-0.15, -0.1) is 0 Å². The number of hydrogen-bond acceptors (Lipinski definition) is 3. The smallest absolute Gasteiger partial charge is 0.145 e. The van der Waals surface area contributed by atoms with Crippen molar-refractivity contribution in [2.75, 3.05) is 0 Å². The number of benzene rings is 6. The number of aryl methyl sites for hydroxylation is 1. The van der Waals surface area contributed by atoms with Gasteiger partial charge in [-0.2, -0.15) is 0 Å². The van der Waals surface area contributed by atoms with Crippen LogP contribution in [-0.2, 0) is 0 Å². The number of rotatable bonds is 5. The molecule has 0 spiro atoms. The van der Waals surface area contributed by atoms with E-state index in [1.807, 2.05) is 48.5 Å². The number of aromatic nitrogens is 4. The molecule has 0 fully saturated rings. The minimum atomic E-state index is 0.881. The molecule has 0 saturated carbocycles. The van der Waals surface area contributed by atoms with Gasteiger partial charge in [-0.25, -0.2) is 15.0 Å². The molecule has 6 aromatic carbocycles. The Morgan fingerprint density at radius 1 is 0.409 bits per heavy atom. The van der Waals surface area contributed by atoms with Crippen LogP contribution in [0.5, 0.6) is 0 Å². The molecule has 4 nitrogen and oxygen atoms in total. The van der Waals surface area contributed by atoms with Gasteiger partial charge in [0.2, 0.25) is 0 Å². The molecule has 0 bridgehead atoms. The van der Waals surface area contributed by atoms with Gasteiger partial charge in [0, 0.05) is 22.4 Å². The van der Waals surface area contributed by atoms with Crippen LogP contribution in [0.4, 0.5) is 0 Å². The van der Waals surface area contributed by atoms with E-state index in [4.69, 9.17) is 15.0 Å². The normalized spacial score (nSPS) is 11.3. The number of imidazole rings is 1. The monoisotopic (exact) mass is 564 g/mol. The Morgan fingerprint density at radius 2 is 0.909 bits per heavy atom. The summed E-state index contributed by atoms with van der Waals surface area (Å²) >= 11 is 0. The molecule has 0 aliphatic heterocycles. The summed E-state index contributed by atoms with van der Waals surface area (Å²) in [6, 6.07) is 52.5. The highest BCUT2D eigenvalue weighted by Crippen LogP contribution is 2.34. The quantitative estimate of drug-likeness (QED) is 0.209. The van der Waals surface area contributed by atoms with Gasteiger partial charge in [-0.1, -0.05) is 115 Å². The van der Waals surface area contributed by atoms with Gasteiger partial charge in [-0.3, -0.25) is 4.57 Å². The van der Waals surface area contributed by atoms with Crippen molar-refractivity contribution in [3.05, 3.63) is 157 Å². The van der Waals surface area contributed by atoms with E-state index >= 15 is 0 Å². The maximum Gasteiger partial charge on any atom is 0.145 e. The molecular formula is C40H28N4. The molecule has 2 aromatic heterocycles. The maximum absolute atomic E-state index is 5.05. The van der Waals surface area contributed by atoms with Crippen molar-refractivity contribution >= 4 is 22.1 Å². The molecule has 0 atom stereocenters. The van der Waals surface area contributed by atoms with Crippen molar-refractivity contribution in [3.8, 4) is 50.7 Å². The summed E-state index contributed by atoms with van der Waals surface area (Å²) in [5, 5.41) is 0. The SMILES string of the molecule is Cc1ccc2nc(-c3ccc(-c4ccc(-c5nc6ccccc6nc5-c5ccccc5)cc4)cc3)n(-c3ccccc3)c2c1. The van der Waals surface area contributed by atoms with E-state index in [1.165, 1.54) is 5.56 Å². The van der Waals surface area contributed by atoms with Crippen LogP contribution in [0.25, 0.3) is 72.8 Å². The summed E-state index contributed by atoms with van der Waals surface area (Å²) in [6.07, 6.45) is 0. The Balaban J connectivity index is 1.16. The Bertz CT molecular complexity index is 2250. The average Bonchev–Trinajstić information content (AvgIpc) is 3.47. The first-order valence-electron chi connectivity index (χ1n) is 14.8. The highest BCUT2D eigenvalue weighted by atomic mass is 15.1. The zero-order valence-electron chi connectivity index (χ0n) is 24.2. The number of hydrogen-bond donors (Lipinski definition) is 0. The summed E-state index contributed by atoms with van der Waals surface area (Å²) in [5.74, 6) is 0.932. The maximum atomic E-state index is 5.05. The van der Waals surface area contributed by atoms with Crippen molar-refractivity contribution in [3.63, 3.8) is 0 Å². The van der Waals surface area contributed by atoms with Gasteiger partial charge in [0.1, 0.15) is 5.82 Å². The molecule has 2 heterocycles. The van der Waals surface area contributed by atoms with Crippen molar-refractivity contribution in [2.24, 2.45) is 0 Å². The largest absolute Gasteiger partial charge is 0.292 e. The fourth-order valence-electron chi connectivity index (χ4n) is 5.85.